The molecule has 4 aromatic rings. The van der Waals surface area contributed by atoms with Crippen LogP contribution in [0.25, 0.3) is 11.1 Å². The average molecular weight is 441 g/mol. The third-order valence-electron chi connectivity index (χ3n) is 4.97. The highest BCUT2D eigenvalue weighted by Crippen LogP contribution is 2.19. The fourth-order valence-electron chi connectivity index (χ4n) is 3.41. The molecule has 0 radical (unpaired) electrons. The highest BCUT2D eigenvalue weighted by Gasteiger charge is 2.17. The van der Waals surface area contributed by atoms with E-state index in [0.29, 0.717) is 29.2 Å². The summed E-state index contributed by atoms with van der Waals surface area (Å²) >= 11 is 7.61. The molecule has 7 heteroatoms. The lowest BCUT2D eigenvalue weighted by atomic mass is 10.1. The van der Waals surface area contributed by atoms with Gasteiger partial charge in [0.15, 0.2) is 5.58 Å². The molecule has 0 fully saturated rings. The molecule has 2 aromatic carbocycles. The number of rotatable bonds is 8. The van der Waals surface area contributed by atoms with Crippen LogP contribution in [0.2, 0.25) is 5.02 Å². The van der Waals surface area contributed by atoms with Crippen LogP contribution in [0.1, 0.15) is 16.9 Å². The lowest BCUT2D eigenvalue weighted by molar-refractivity contribution is -0.132. The molecular formula is C23H21ClN2O3S. The van der Waals surface area contributed by atoms with E-state index in [-0.39, 0.29) is 18.9 Å². The van der Waals surface area contributed by atoms with Crippen LogP contribution >= 0.6 is 22.9 Å². The summed E-state index contributed by atoms with van der Waals surface area (Å²) in [6, 6.07) is 19.2. The number of carbonyl (C=O) groups is 1. The summed E-state index contributed by atoms with van der Waals surface area (Å²) in [6.07, 6.45) is 1.00. The second-order valence-corrected chi connectivity index (χ2v) is 8.48. The second-order valence-electron chi connectivity index (χ2n) is 7.01. The summed E-state index contributed by atoms with van der Waals surface area (Å²) in [7, 11) is 0. The monoisotopic (exact) mass is 440 g/mol. The number of carbonyl (C=O) groups excluding carboxylic acids is 1. The maximum absolute atomic E-state index is 13.1. The van der Waals surface area contributed by atoms with E-state index < -0.39 is 5.76 Å². The van der Waals surface area contributed by atoms with Crippen molar-refractivity contribution in [2.75, 3.05) is 6.54 Å². The molecule has 0 saturated carbocycles. The Balaban J connectivity index is 1.47. The van der Waals surface area contributed by atoms with Crippen molar-refractivity contribution in [2.24, 2.45) is 0 Å². The summed E-state index contributed by atoms with van der Waals surface area (Å²) < 4.78 is 6.75. The maximum atomic E-state index is 13.1. The highest BCUT2D eigenvalue weighted by molar-refractivity contribution is 7.09. The SMILES string of the molecule is O=C(CCn1c(=O)oc2cc(Cl)ccc21)N(CCc1ccccc1)Cc1cccs1. The van der Waals surface area contributed by atoms with E-state index in [2.05, 4.69) is 12.1 Å². The minimum atomic E-state index is -0.478. The first kappa shape index (κ1) is 20.4. The number of halogens is 1. The van der Waals surface area contributed by atoms with Gasteiger partial charge >= 0.3 is 5.76 Å². The number of nitrogens with zero attached hydrogens (tertiary/aromatic N) is 2. The van der Waals surface area contributed by atoms with Gasteiger partial charge in [-0.2, -0.15) is 0 Å². The molecule has 4 rings (SSSR count). The van der Waals surface area contributed by atoms with E-state index in [1.807, 2.05) is 40.6 Å². The Kier molecular flexibility index (Phi) is 6.35. The topological polar surface area (TPSA) is 55.5 Å². The van der Waals surface area contributed by atoms with Gasteiger partial charge < -0.3 is 9.32 Å². The quantitative estimate of drug-likeness (QED) is 0.388. The zero-order valence-corrected chi connectivity index (χ0v) is 17.9. The number of oxazole rings is 1. The number of aromatic nitrogens is 1. The van der Waals surface area contributed by atoms with Crippen LogP contribution < -0.4 is 5.76 Å². The van der Waals surface area contributed by atoms with Crippen molar-refractivity contribution >= 4 is 39.9 Å². The van der Waals surface area contributed by atoms with Crippen molar-refractivity contribution in [2.45, 2.75) is 25.9 Å². The third-order valence-corrected chi connectivity index (χ3v) is 6.07. The fourth-order valence-corrected chi connectivity index (χ4v) is 4.29. The Morgan fingerprint density at radius 1 is 1.10 bits per heavy atom. The molecule has 2 heterocycles. The Hall–Kier alpha value is -2.83. The number of hydrogen-bond acceptors (Lipinski definition) is 4. The van der Waals surface area contributed by atoms with Gasteiger partial charge in [0, 0.05) is 35.5 Å². The Morgan fingerprint density at radius 3 is 2.70 bits per heavy atom. The van der Waals surface area contributed by atoms with E-state index in [1.165, 1.54) is 10.1 Å². The van der Waals surface area contributed by atoms with E-state index >= 15 is 0 Å². The first-order valence-electron chi connectivity index (χ1n) is 9.73. The van der Waals surface area contributed by atoms with Gasteiger partial charge in [-0.1, -0.05) is 48.0 Å². The van der Waals surface area contributed by atoms with Gasteiger partial charge in [0.25, 0.3) is 0 Å². The van der Waals surface area contributed by atoms with Gasteiger partial charge in [0.05, 0.1) is 12.1 Å². The number of hydrogen-bond donors (Lipinski definition) is 0. The van der Waals surface area contributed by atoms with Crippen molar-refractivity contribution in [3.63, 3.8) is 0 Å². The van der Waals surface area contributed by atoms with Crippen LogP contribution in [0, 0.1) is 0 Å². The van der Waals surface area contributed by atoms with E-state index in [9.17, 15) is 9.59 Å². The zero-order chi connectivity index (χ0) is 20.9. The van der Waals surface area contributed by atoms with Crippen molar-refractivity contribution < 1.29 is 9.21 Å². The molecule has 5 nitrogen and oxygen atoms in total. The lowest BCUT2D eigenvalue weighted by Crippen LogP contribution is -2.33. The summed E-state index contributed by atoms with van der Waals surface area (Å²) in [6.45, 7) is 1.45. The van der Waals surface area contributed by atoms with Gasteiger partial charge in [0.2, 0.25) is 5.91 Å². The zero-order valence-electron chi connectivity index (χ0n) is 16.3. The summed E-state index contributed by atoms with van der Waals surface area (Å²) in [5.41, 5.74) is 2.26. The predicted octanol–water partition coefficient (Wildman–Crippen LogP) is 4.97. The largest absolute Gasteiger partial charge is 0.419 e. The molecule has 0 saturated heterocycles. The van der Waals surface area contributed by atoms with Gasteiger partial charge in [0.1, 0.15) is 0 Å². The molecule has 1 amide bonds. The number of amides is 1. The van der Waals surface area contributed by atoms with Crippen molar-refractivity contribution in [1.29, 1.82) is 0 Å². The van der Waals surface area contributed by atoms with Crippen LogP contribution in [0.4, 0.5) is 0 Å². The second kappa shape index (κ2) is 9.32. The smallest absolute Gasteiger partial charge is 0.408 e. The lowest BCUT2D eigenvalue weighted by Gasteiger charge is -2.22. The Bertz CT molecular complexity index is 1180. The van der Waals surface area contributed by atoms with Gasteiger partial charge in [-0.3, -0.25) is 9.36 Å². The number of thiophene rings is 1. The molecule has 0 bridgehead atoms. The minimum Gasteiger partial charge on any atom is -0.408 e. The summed E-state index contributed by atoms with van der Waals surface area (Å²) in [4.78, 5) is 28.3. The number of fused-ring (bicyclic) bond motifs is 1. The fraction of sp³-hybridized carbons (Fsp3) is 0.217. The van der Waals surface area contributed by atoms with Crippen LogP contribution in [-0.2, 0) is 24.3 Å². The van der Waals surface area contributed by atoms with E-state index in [1.54, 1.807) is 29.5 Å². The van der Waals surface area contributed by atoms with Crippen LogP contribution in [0.15, 0.2) is 75.3 Å². The van der Waals surface area contributed by atoms with Gasteiger partial charge in [-0.25, -0.2) is 4.79 Å². The molecular weight excluding hydrogens is 420 g/mol. The van der Waals surface area contributed by atoms with Gasteiger partial charge in [-0.15, -0.1) is 11.3 Å². The van der Waals surface area contributed by atoms with Crippen molar-refractivity contribution in [3.05, 3.63) is 92.1 Å². The number of aryl methyl sites for hydroxylation is 1. The first-order chi connectivity index (χ1) is 14.6. The molecule has 0 atom stereocenters. The molecule has 0 N–H and O–H groups in total. The molecule has 30 heavy (non-hydrogen) atoms. The van der Waals surface area contributed by atoms with Crippen molar-refractivity contribution in [3.8, 4) is 0 Å². The molecule has 0 aliphatic heterocycles. The average Bonchev–Trinajstić information content (AvgIpc) is 3.36. The Morgan fingerprint density at radius 2 is 1.93 bits per heavy atom. The third kappa shape index (κ3) is 4.83. The molecule has 154 valence electrons. The predicted molar refractivity (Wildman–Crippen MR) is 120 cm³/mol. The molecule has 2 aromatic heterocycles. The van der Waals surface area contributed by atoms with E-state index in [0.717, 1.165) is 11.3 Å². The van der Waals surface area contributed by atoms with E-state index in [4.69, 9.17) is 16.0 Å². The van der Waals surface area contributed by atoms with Crippen molar-refractivity contribution in [1.82, 2.24) is 9.47 Å². The first-order valence-corrected chi connectivity index (χ1v) is 11.0. The molecule has 0 aliphatic rings. The summed E-state index contributed by atoms with van der Waals surface area (Å²) in [5.74, 6) is -0.469. The molecule has 0 spiro atoms. The van der Waals surface area contributed by atoms with Gasteiger partial charge in [-0.05, 0) is 35.6 Å². The minimum absolute atomic E-state index is 0.00884. The maximum Gasteiger partial charge on any atom is 0.419 e. The molecule has 0 aliphatic carbocycles. The summed E-state index contributed by atoms with van der Waals surface area (Å²) in [5, 5.41) is 2.51. The normalized spacial score (nSPS) is 11.1. The number of benzene rings is 2. The standard InChI is InChI=1S/C23H21ClN2O3S/c24-18-8-9-20-21(15-18)29-23(28)26(20)13-11-22(27)25(16-19-7-4-14-30-19)12-10-17-5-2-1-3-6-17/h1-9,14-15H,10-13,16H2. The Labute approximate surface area is 183 Å². The van der Waals surface area contributed by atoms with Crippen LogP contribution in [0.5, 0.6) is 0 Å². The van der Waals surface area contributed by atoms with Crippen LogP contribution in [0.3, 0.4) is 0 Å². The highest BCUT2D eigenvalue weighted by atomic mass is 35.5. The van der Waals surface area contributed by atoms with Crippen LogP contribution in [-0.4, -0.2) is 21.9 Å². The molecule has 0 unspecified atom stereocenters.